The number of nitrogens with one attached hydrogen (secondary N) is 1. The maximum absolute atomic E-state index is 8.67. The van der Waals surface area contributed by atoms with E-state index in [4.69, 9.17) is 5.11 Å². The molecule has 0 atom stereocenters. The summed E-state index contributed by atoms with van der Waals surface area (Å²) >= 11 is 0. The Morgan fingerprint density at radius 1 is 0.722 bits per heavy atom. The molecule has 1 saturated carbocycles. The summed E-state index contributed by atoms with van der Waals surface area (Å²) in [6, 6.07) is 0.831. The monoisotopic (exact) mass is 255 g/mol. The number of aliphatic hydroxyl groups excluding tert-OH is 1. The number of hydrogen-bond donors (Lipinski definition) is 2. The van der Waals surface area contributed by atoms with Crippen LogP contribution in [0.5, 0.6) is 0 Å². The van der Waals surface area contributed by atoms with Gasteiger partial charge in [-0.1, -0.05) is 57.8 Å². The van der Waals surface area contributed by atoms with E-state index in [2.05, 4.69) is 5.32 Å². The summed E-state index contributed by atoms with van der Waals surface area (Å²) < 4.78 is 0. The topological polar surface area (TPSA) is 32.3 Å². The maximum Gasteiger partial charge on any atom is 0.0431 e. The molecule has 0 aromatic heterocycles. The average molecular weight is 255 g/mol. The number of unbranched alkanes of at least 4 members (excludes halogenated alkanes) is 7. The lowest BCUT2D eigenvalue weighted by Gasteiger charge is -2.22. The van der Waals surface area contributed by atoms with E-state index in [9.17, 15) is 0 Å². The van der Waals surface area contributed by atoms with Crippen molar-refractivity contribution in [2.75, 3.05) is 13.2 Å². The molecule has 1 aliphatic rings. The lowest BCUT2D eigenvalue weighted by atomic mass is 9.95. The fraction of sp³-hybridized carbons (Fsp3) is 1.00. The number of aliphatic hydroxyl groups is 1. The van der Waals surface area contributed by atoms with Gasteiger partial charge in [-0.05, 0) is 32.2 Å². The predicted octanol–water partition coefficient (Wildman–Crippen LogP) is 4.02. The Labute approximate surface area is 114 Å². The molecule has 0 spiro atoms. The van der Waals surface area contributed by atoms with E-state index in [1.807, 2.05) is 0 Å². The van der Waals surface area contributed by atoms with Gasteiger partial charge in [0.15, 0.2) is 0 Å². The summed E-state index contributed by atoms with van der Waals surface area (Å²) in [6.45, 7) is 1.60. The quantitative estimate of drug-likeness (QED) is 0.547. The second-order valence-corrected chi connectivity index (χ2v) is 5.84. The van der Waals surface area contributed by atoms with E-state index in [0.717, 1.165) is 12.5 Å². The Morgan fingerprint density at radius 2 is 1.28 bits per heavy atom. The van der Waals surface area contributed by atoms with Gasteiger partial charge in [-0.15, -0.1) is 0 Å². The zero-order chi connectivity index (χ0) is 12.9. The standard InChI is InChI=1S/C16H33NO/c18-15-11-6-4-2-1-3-5-10-14-17-16-12-8-7-9-13-16/h16-18H,1-15H2. The minimum Gasteiger partial charge on any atom is -0.396 e. The van der Waals surface area contributed by atoms with E-state index in [0.29, 0.717) is 6.61 Å². The maximum atomic E-state index is 8.67. The van der Waals surface area contributed by atoms with Crippen LogP contribution in [0.1, 0.15) is 83.5 Å². The van der Waals surface area contributed by atoms with E-state index in [-0.39, 0.29) is 0 Å². The predicted molar refractivity (Wildman–Crippen MR) is 78.9 cm³/mol. The molecule has 1 fully saturated rings. The van der Waals surface area contributed by atoms with Crippen LogP contribution < -0.4 is 5.32 Å². The third-order valence-corrected chi connectivity index (χ3v) is 4.12. The van der Waals surface area contributed by atoms with Crippen LogP contribution in [-0.4, -0.2) is 24.3 Å². The van der Waals surface area contributed by atoms with Crippen LogP contribution in [0.2, 0.25) is 0 Å². The average Bonchev–Trinajstić information content (AvgIpc) is 2.42. The smallest absolute Gasteiger partial charge is 0.0431 e. The Bertz CT molecular complexity index is 166. The molecule has 18 heavy (non-hydrogen) atoms. The van der Waals surface area contributed by atoms with Gasteiger partial charge in [0.25, 0.3) is 0 Å². The molecule has 0 radical (unpaired) electrons. The van der Waals surface area contributed by atoms with Gasteiger partial charge < -0.3 is 10.4 Å². The summed E-state index contributed by atoms with van der Waals surface area (Å²) in [7, 11) is 0. The van der Waals surface area contributed by atoms with Gasteiger partial charge in [0.1, 0.15) is 0 Å². The lowest BCUT2D eigenvalue weighted by molar-refractivity contribution is 0.282. The molecular formula is C16H33NO. The summed E-state index contributed by atoms with van der Waals surface area (Å²) in [6.07, 6.45) is 17.5. The summed E-state index contributed by atoms with van der Waals surface area (Å²) in [5, 5.41) is 12.4. The Balaban J connectivity index is 1.73. The van der Waals surface area contributed by atoms with Crippen molar-refractivity contribution in [3.63, 3.8) is 0 Å². The highest BCUT2D eigenvalue weighted by atomic mass is 16.2. The summed E-state index contributed by atoms with van der Waals surface area (Å²) in [5.41, 5.74) is 0. The van der Waals surface area contributed by atoms with Crippen LogP contribution in [0.15, 0.2) is 0 Å². The van der Waals surface area contributed by atoms with Gasteiger partial charge in [0.2, 0.25) is 0 Å². The SMILES string of the molecule is OCCCCCCCCCCNC1CCCCC1. The van der Waals surface area contributed by atoms with Crippen molar-refractivity contribution >= 4 is 0 Å². The molecule has 0 aliphatic heterocycles. The van der Waals surface area contributed by atoms with E-state index >= 15 is 0 Å². The number of rotatable bonds is 11. The van der Waals surface area contributed by atoms with Crippen LogP contribution in [0.25, 0.3) is 0 Å². The molecular weight excluding hydrogens is 222 g/mol. The third-order valence-electron chi connectivity index (χ3n) is 4.12. The molecule has 1 rings (SSSR count). The molecule has 0 heterocycles. The molecule has 2 nitrogen and oxygen atoms in total. The Morgan fingerprint density at radius 3 is 1.89 bits per heavy atom. The molecule has 0 unspecified atom stereocenters. The van der Waals surface area contributed by atoms with Crippen molar-refractivity contribution in [3.05, 3.63) is 0 Å². The van der Waals surface area contributed by atoms with Crippen LogP contribution in [0, 0.1) is 0 Å². The highest BCUT2D eigenvalue weighted by Gasteiger charge is 2.11. The second kappa shape index (κ2) is 12.0. The minimum atomic E-state index is 0.368. The van der Waals surface area contributed by atoms with Crippen molar-refractivity contribution in [2.45, 2.75) is 89.5 Å². The lowest BCUT2D eigenvalue weighted by Crippen LogP contribution is -2.31. The molecule has 0 saturated heterocycles. The first-order valence-corrected chi connectivity index (χ1v) is 8.27. The van der Waals surface area contributed by atoms with Gasteiger partial charge in [-0.3, -0.25) is 0 Å². The van der Waals surface area contributed by atoms with Crippen molar-refractivity contribution in [2.24, 2.45) is 0 Å². The van der Waals surface area contributed by atoms with Crippen LogP contribution in [-0.2, 0) is 0 Å². The van der Waals surface area contributed by atoms with Crippen molar-refractivity contribution in [3.8, 4) is 0 Å². The second-order valence-electron chi connectivity index (χ2n) is 5.84. The van der Waals surface area contributed by atoms with Gasteiger partial charge in [-0.2, -0.15) is 0 Å². The molecule has 2 N–H and O–H groups in total. The van der Waals surface area contributed by atoms with Gasteiger partial charge in [-0.25, -0.2) is 0 Å². The highest BCUT2D eigenvalue weighted by Crippen LogP contribution is 2.17. The molecule has 0 aromatic carbocycles. The van der Waals surface area contributed by atoms with Crippen molar-refractivity contribution in [1.29, 1.82) is 0 Å². The fourth-order valence-corrected chi connectivity index (χ4v) is 2.91. The highest BCUT2D eigenvalue weighted by molar-refractivity contribution is 4.71. The van der Waals surface area contributed by atoms with Crippen molar-refractivity contribution in [1.82, 2.24) is 5.32 Å². The summed E-state index contributed by atoms with van der Waals surface area (Å²) in [4.78, 5) is 0. The van der Waals surface area contributed by atoms with Gasteiger partial charge in [0.05, 0.1) is 0 Å². The molecule has 0 amide bonds. The zero-order valence-electron chi connectivity index (χ0n) is 12.1. The largest absolute Gasteiger partial charge is 0.396 e. The minimum absolute atomic E-state index is 0.368. The molecule has 1 aliphatic carbocycles. The van der Waals surface area contributed by atoms with Crippen LogP contribution in [0.4, 0.5) is 0 Å². The molecule has 0 aromatic rings. The number of hydrogen-bond acceptors (Lipinski definition) is 2. The molecule has 0 bridgehead atoms. The van der Waals surface area contributed by atoms with Crippen LogP contribution >= 0.6 is 0 Å². The Kier molecular flexibility index (Phi) is 10.6. The van der Waals surface area contributed by atoms with Gasteiger partial charge in [0, 0.05) is 12.6 Å². The summed E-state index contributed by atoms with van der Waals surface area (Å²) in [5.74, 6) is 0. The molecule has 2 heteroatoms. The zero-order valence-corrected chi connectivity index (χ0v) is 12.1. The van der Waals surface area contributed by atoms with Crippen molar-refractivity contribution < 1.29 is 5.11 Å². The fourth-order valence-electron chi connectivity index (χ4n) is 2.91. The van der Waals surface area contributed by atoms with E-state index in [1.54, 1.807) is 0 Å². The molecule has 108 valence electrons. The first-order chi connectivity index (χ1) is 8.93. The van der Waals surface area contributed by atoms with E-state index in [1.165, 1.54) is 83.6 Å². The third kappa shape index (κ3) is 8.93. The van der Waals surface area contributed by atoms with E-state index < -0.39 is 0 Å². The first-order valence-electron chi connectivity index (χ1n) is 8.27. The Hall–Kier alpha value is -0.0800. The first kappa shape index (κ1) is 16.0. The van der Waals surface area contributed by atoms with Crippen LogP contribution in [0.3, 0.4) is 0 Å². The van der Waals surface area contributed by atoms with Gasteiger partial charge >= 0.3 is 0 Å². The normalized spacial score (nSPS) is 17.2.